The lowest BCUT2D eigenvalue weighted by atomic mass is 10.2. The molecule has 1 aliphatic rings. The summed E-state index contributed by atoms with van der Waals surface area (Å²) in [7, 11) is 0. The zero-order valence-corrected chi connectivity index (χ0v) is 9.69. The van der Waals surface area contributed by atoms with Crippen molar-refractivity contribution in [1.82, 2.24) is 15.4 Å². The van der Waals surface area contributed by atoms with Crippen molar-refractivity contribution >= 4 is 23.1 Å². The Balaban J connectivity index is 0.000000149. The zero-order chi connectivity index (χ0) is 12.6. The first-order valence-electron chi connectivity index (χ1n) is 5.44. The summed E-state index contributed by atoms with van der Waals surface area (Å²) in [6.45, 7) is 0. The summed E-state index contributed by atoms with van der Waals surface area (Å²) in [5.41, 5.74) is 8.96. The molecule has 0 spiro atoms. The van der Waals surface area contributed by atoms with Gasteiger partial charge in [-0.1, -0.05) is 24.3 Å². The predicted molar refractivity (Wildman–Crippen MR) is 73.9 cm³/mol. The Bertz CT molecular complexity index is 587. The van der Waals surface area contributed by atoms with Crippen LogP contribution in [-0.4, -0.2) is 16.2 Å². The number of nitrogens with one attached hydrogen (secondary N) is 1. The predicted octanol–water partition coefficient (Wildman–Crippen LogP) is 1.86. The van der Waals surface area contributed by atoms with Gasteiger partial charge in [0.05, 0.1) is 5.52 Å². The van der Waals surface area contributed by atoms with Crippen molar-refractivity contribution in [3.05, 3.63) is 54.9 Å². The molecule has 2 aromatic rings. The van der Waals surface area contributed by atoms with E-state index in [-0.39, 0.29) is 0 Å². The van der Waals surface area contributed by atoms with Crippen molar-refractivity contribution in [3.63, 3.8) is 0 Å². The molecule has 1 aromatic carbocycles. The van der Waals surface area contributed by atoms with Crippen LogP contribution < -0.4 is 11.2 Å². The first-order valence-corrected chi connectivity index (χ1v) is 5.44. The van der Waals surface area contributed by atoms with Gasteiger partial charge in [0, 0.05) is 24.0 Å². The minimum absolute atomic E-state index is 0.323. The maximum Gasteiger partial charge on any atom is 0.220 e. The third-order valence-electron chi connectivity index (χ3n) is 2.14. The van der Waals surface area contributed by atoms with Crippen LogP contribution in [0.1, 0.15) is 0 Å². The Morgan fingerprint density at radius 1 is 1.06 bits per heavy atom. The maximum absolute atomic E-state index is 5.40. The number of fused-ring (bicyclic) bond motifs is 1. The highest BCUT2D eigenvalue weighted by atomic mass is 15.3. The summed E-state index contributed by atoms with van der Waals surface area (Å²) in [5.74, 6) is 0.323. The number of allylic oxidation sites excluding steroid dienone is 3. The largest absolute Gasteiger partial charge is 0.368 e. The van der Waals surface area contributed by atoms with E-state index in [1.54, 1.807) is 18.6 Å². The smallest absolute Gasteiger partial charge is 0.220 e. The Labute approximate surface area is 105 Å². The molecular weight excluding hydrogens is 226 g/mol. The Morgan fingerprint density at radius 3 is 2.89 bits per heavy atom. The van der Waals surface area contributed by atoms with E-state index in [1.165, 1.54) is 0 Å². The molecule has 2 heterocycles. The molecule has 5 nitrogen and oxygen atoms in total. The molecule has 0 saturated carbocycles. The van der Waals surface area contributed by atoms with Gasteiger partial charge in [0.15, 0.2) is 0 Å². The minimum Gasteiger partial charge on any atom is -0.368 e. The van der Waals surface area contributed by atoms with Crippen LogP contribution in [0.15, 0.2) is 60.0 Å². The number of hydrogen-bond donors (Lipinski definition) is 2. The lowest BCUT2D eigenvalue weighted by molar-refractivity contribution is 0.980. The van der Waals surface area contributed by atoms with Crippen LogP contribution in [-0.2, 0) is 0 Å². The van der Waals surface area contributed by atoms with E-state index < -0.39 is 0 Å². The van der Waals surface area contributed by atoms with Crippen molar-refractivity contribution in [2.24, 2.45) is 5.10 Å². The van der Waals surface area contributed by atoms with E-state index in [0.29, 0.717) is 5.95 Å². The van der Waals surface area contributed by atoms with E-state index in [2.05, 4.69) is 20.5 Å². The third kappa shape index (κ3) is 3.41. The standard InChI is InChI=1S/C8H7N3.C5H6N2/c9-8-10-5-6-3-1-2-4-7(6)11-8;1-2-4-6-7-5-3-1/h1-5H,(H2,9,10,11);1-6H. The highest BCUT2D eigenvalue weighted by molar-refractivity contribution is 5.78. The molecule has 1 aliphatic heterocycles. The first-order chi connectivity index (χ1) is 8.86. The molecule has 3 N–H and O–H groups in total. The van der Waals surface area contributed by atoms with Gasteiger partial charge < -0.3 is 5.73 Å². The second-order valence-electron chi connectivity index (χ2n) is 3.44. The summed E-state index contributed by atoms with van der Waals surface area (Å²) in [6.07, 6.45) is 10.8. The van der Waals surface area contributed by atoms with Gasteiger partial charge in [-0.25, -0.2) is 9.97 Å². The number of benzene rings is 1. The molecule has 5 heteroatoms. The number of anilines is 1. The normalized spacial score (nSPS) is 12.4. The van der Waals surface area contributed by atoms with Gasteiger partial charge in [0.25, 0.3) is 0 Å². The third-order valence-corrected chi connectivity index (χ3v) is 2.14. The first kappa shape index (κ1) is 11.8. The van der Waals surface area contributed by atoms with Gasteiger partial charge in [-0.15, -0.1) is 0 Å². The van der Waals surface area contributed by atoms with E-state index in [4.69, 9.17) is 5.73 Å². The fraction of sp³-hybridized carbons (Fsp3) is 0. The molecule has 1 aromatic heterocycles. The van der Waals surface area contributed by atoms with E-state index in [9.17, 15) is 0 Å². The molecule has 3 rings (SSSR count). The number of nitrogen functional groups attached to an aromatic ring is 1. The van der Waals surface area contributed by atoms with Gasteiger partial charge in [-0.2, -0.15) is 5.10 Å². The topological polar surface area (TPSA) is 76.2 Å². The second kappa shape index (κ2) is 6.15. The van der Waals surface area contributed by atoms with Crippen LogP contribution in [0, 0.1) is 0 Å². The van der Waals surface area contributed by atoms with Gasteiger partial charge >= 0.3 is 0 Å². The molecule has 0 aliphatic carbocycles. The van der Waals surface area contributed by atoms with Crippen LogP contribution >= 0.6 is 0 Å². The lowest BCUT2D eigenvalue weighted by Gasteiger charge is -1.94. The number of para-hydroxylation sites is 1. The average molecular weight is 239 g/mol. The molecule has 0 atom stereocenters. The molecule has 90 valence electrons. The number of hydrogen-bond acceptors (Lipinski definition) is 5. The Hall–Kier alpha value is -2.69. The van der Waals surface area contributed by atoms with E-state index >= 15 is 0 Å². The minimum atomic E-state index is 0.323. The molecule has 0 unspecified atom stereocenters. The summed E-state index contributed by atoms with van der Waals surface area (Å²) < 4.78 is 0. The molecular formula is C13H13N5. The highest BCUT2D eigenvalue weighted by Crippen LogP contribution is 2.09. The summed E-state index contributed by atoms with van der Waals surface area (Å²) >= 11 is 0. The number of rotatable bonds is 0. The lowest BCUT2D eigenvalue weighted by Crippen LogP contribution is -1.93. The Morgan fingerprint density at radius 2 is 1.94 bits per heavy atom. The van der Waals surface area contributed by atoms with Crippen molar-refractivity contribution in [2.45, 2.75) is 0 Å². The van der Waals surface area contributed by atoms with Crippen molar-refractivity contribution < 1.29 is 0 Å². The van der Waals surface area contributed by atoms with Gasteiger partial charge in [-0.05, 0) is 18.2 Å². The fourth-order valence-corrected chi connectivity index (χ4v) is 1.33. The van der Waals surface area contributed by atoms with E-state index in [1.807, 2.05) is 42.5 Å². The van der Waals surface area contributed by atoms with Gasteiger partial charge in [0.2, 0.25) is 5.95 Å². The second-order valence-corrected chi connectivity index (χ2v) is 3.44. The summed E-state index contributed by atoms with van der Waals surface area (Å²) in [6, 6.07) is 7.73. The molecule has 0 radical (unpaired) electrons. The van der Waals surface area contributed by atoms with Gasteiger partial charge in [0.1, 0.15) is 0 Å². The Kier molecular flexibility index (Phi) is 4.02. The SMILES string of the molecule is C1=CC=NNC=C1.Nc1ncc2ccccc2n1. The maximum atomic E-state index is 5.40. The van der Waals surface area contributed by atoms with Crippen LogP contribution in [0.3, 0.4) is 0 Å². The summed E-state index contributed by atoms with van der Waals surface area (Å²) in [4.78, 5) is 7.92. The quantitative estimate of drug-likeness (QED) is 0.735. The van der Waals surface area contributed by atoms with E-state index in [0.717, 1.165) is 10.9 Å². The highest BCUT2D eigenvalue weighted by Gasteiger charge is 1.92. The average Bonchev–Trinajstić information content (AvgIpc) is 2.71. The number of nitrogens with zero attached hydrogens (tertiary/aromatic N) is 3. The molecule has 0 fully saturated rings. The van der Waals surface area contributed by atoms with Crippen LogP contribution in [0.5, 0.6) is 0 Å². The molecule has 0 bridgehead atoms. The van der Waals surface area contributed by atoms with Crippen molar-refractivity contribution in [2.75, 3.05) is 5.73 Å². The number of nitrogens with two attached hydrogens (primary N) is 1. The fourth-order valence-electron chi connectivity index (χ4n) is 1.33. The number of aromatic nitrogens is 2. The van der Waals surface area contributed by atoms with Crippen molar-refractivity contribution in [3.8, 4) is 0 Å². The van der Waals surface area contributed by atoms with Crippen LogP contribution in [0.4, 0.5) is 5.95 Å². The zero-order valence-electron chi connectivity index (χ0n) is 9.69. The van der Waals surface area contributed by atoms with Gasteiger partial charge in [-0.3, -0.25) is 5.43 Å². The monoisotopic (exact) mass is 239 g/mol. The van der Waals surface area contributed by atoms with Crippen LogP contribution in [0.25, 0.3) is 10.9 Å². The van der Waals surface area contributed by atoms with Crippen LogP contribution in [0.2, 0.25) is 0 Å². The number of hydrazone groups is 1. The molecule has 18 heavy (non-hydrogen) atoms. The van der Waals surface area contributed by atoms with Crippen molar-refractivity contribution in [1.29, 1.82) is 0 Å². The molecule has 0 amide bonds. The summed E-state index contributed by atoms with van der Waals surface area (Å²) in [5, 5.41) is 4.74. The molecule has 0 saturated heterocycles.